The average molecular weight is 545 g/mol. The lowest BCUT2D eigenvalue weighted by Gasteiger charge is -2.20. The summed E-state index contributed by atoms with van der Waals surface area (Å²) in [4.78, 5) is 0. The van der Waals surface area contributed by atoms with Crippen LogP contribution in [0.25, 0.3) is 87.3 Å². The van der Waals surface area contributed by atoms with E-state index in [1.807, 2.05) is 0 Å². The maximum absolute atomic E-state index is 9.76. The van der Waals surface area contributed by atoms with Gasteiger partial charge >= 0.3 is 0 Å². The summed E-state index contributed by atoms with van der Waals surface area (Å²) in [6.07, 6.45) is 0. The lowest BCUT2D eigenvalue weighted by molar-refractivity contribution is 0.669. The monoisotopic (exact) mass is 544 g/mol. The fraction of sp³-hybridized carbons (Fsp3) is 0. The van der Waals surface area contributed by atoms with Crippen molar-refractivity contribution in [2.45, 2.75) is 0 Å². The summed E-state index contributed by atoms with van der Waals surface area (Å²) in [6.45, 7) is 0. The maximum atomic E-state index is 9.76. The van der Waals surface area contributed by atoms with E-state index < -0.39 is 232 Å². The molecule has 0 aliphatic carbocycles. The molecule has 190 valence electrons. The van der Waals surface area contributed by atoms with Gasteiger partial charge in [0.15, 0.2) is 0 Å². The van der Waals surface area contributed by atoms with E-state index in [1.54, 1.807) is 0 Å². The van der Waals surface area contributed by atoms with E-state index in [0.29, 0.717) is 0 Å². The Kier molecular flexibility index (Phi) is 1.94. The van der Waals surface area contributed by atoms with Crippen LogP contribution in [0, 0.1) is 0 Å². The van der Waals surface area contributed by atoms with Crippen LogP contribution in [0.5, 0.6) is 0 Å². The van der Waals surface area contributed by atoms with Crippen LogP contribution in [0.15, 0.2) is 149 Å². The number of fused-ring (bicyclic) bond motifs is 8. The van der Waals surface area contributed by atoms with Crippen LogP contribution in [0.4, 0.5) is 0 Å². The third-order valence-corrected chi connectivity index (χ3v) is 6.95. The fourth-order valence-electron chi connectivity index (χ4n) is 5.33. The third-order valence-electron chi connectivity index (χ3n) is 6.95. The summed E-state index contributed by atoms with van der Waals surface area (Å²) in [5, 5.41) is -5.94. The SMILES string of the molecule is [2H]c1c([2H])c([2H])c2c(oc3c([2H])c([2H])c([2H])c(-c4c5c([2H])c([2H])c([2H])c([2H])c5c(-c5c([2H])c6c([2H])c([2H])c([2H])c([2H])c6c6c([2H])c([2H])c([2H])c([2H])c56)c5c([2H])c([2H])c([2H])c([2H])c45)c32)c1[2H]. The zero-order chi connectivity index (χ0) is 47.8. The van der Waals surface area contributed by atoms with Crippen molar-refractivity contribution in [2.75, 3.05) is 0 Å². The minimum atomic E-state index is -0.961. The molecule has 0 unspecified atom stereocenters. The Hall–Kier alpha value is -5.40. The number of benzene rings is 8. The molecule has 1 heteroatoms. The maximum Gasteiger partial charge on any atom is 0.136 e. The molecule has 41 heavy (non-hydrogen) atoms. The van der Waals surface area contributed by atoms with Crippen LogP contribution in [0.2, 0.25) is 0 Å². The largest absolute Gasteiger partial charge is 0.456 e. The predicted octanol–water partition coefficient (Wildman–Crippen LogP) is 11.5. The van der Waals surface area contributed by atoms with Gasteiger partial charge in [-0.25, -0.2) is 0 Å². The first-order chi connectivity index (χ1) is 30.3. The van der Waals surface area contributed by atoms with Crippen molar-refractivity contribution in [1.82, 2.24) is 0 Å². The summed E-state index contributed by atoms with van der Waals surface area (Å²) in [7, 11) is 0. The van der Waals surface area contributed by atoms with Gasteiger partial charge in [0, 0.05) is 10.8 Å². The first-order valence-corrected chi connectivity index (χ1v) is 12.2. The van der Waals surface area contributed by atoms with Crippen LogP contribution in [0.1, 0.15) is 32.9 Å². The number of hydrogen-bond donors (Lipinski definition) is 0. The van der Waals surface area contributed by atoms with E-state index in [-0.39, 0.29) is 0 Å². The molecule has 0 amide bonds. The van der Waals surface area contributed by atoms with Gasteiger partial charge in [-0.3, -0.25) is 0 Å². The first kappa shape index (κ1) is 9.33. The highest BCUT2D eigenvalue weighted by molar-refractivity contribution is 6.28. The molecule has 1 aromatic heterocycles. The van der Waals surface area contributed by atoms with E-state index in [9.17, 15) is 9.60 Å². The molecule has 1 nitrogen and oxygen atoms in total. The van der Waals surface area contributed by atoms with Crippen LogP contribution < -0.4 is 0 Å². The lowest BCUT2D eigenvalue weighted by Crippen LogP contribution is -1.92. The lowest BCUT2D eigenvalue weighted by atomic mass is 9.83. The van der Waals surface area contributed by atoms with Crippen molar-refractivity contribution in [3.63, 3.8) is 0 Å². The van der Waals surface area contributed by atoms with Crippen molar-refractivity contribution >= 4 is 65.0 Å². The molecular formula is C40H24O. The van der Waals surface area contributed by atoms with Gasteiger partial charge in [0.2, 0.25) is 0 Å². The van der Waals surface area contributed by atoms with E-state index >= 15 is 0 Å². The summed E-state index contributed by atoms with van der Waals surface area (Å²) in [5.41, 5.74) is -3.74. The van der Waals surface area contributed by atoms with Gasteiger partial charge in [0.1, 0.15) is 11.2 Å². The molecule has 0 aliphatic rings. The number of para-hydroxylation sites is 1. The first-order valence-electron chi connectivity index (χ1n) is 24.2. The zero-order valence-electron chi connectivity index (χ0n) is 44.4. The molecule has 8 aromatic carbocycles. The Morgan fingerprint density at radius 2 is 0.854 bits per heavy atom. The van der Waals surface area contributed by atoms with E-state index in [0.717, 1.165) is 0 Å². The van der Waals surface area contributed by atoms with Gasteiger partial charge in [0.25, 0.3) is 0 Å². The molecule has 0 radical (unpaired) electrons. The summed E-state index contributed by atoms with van der Waals surface area (Å²) in [6, 6.07) is -21.0. The quantitative estimate of drug-likeness (QED) is 0.156. The third kappa shape index (κ3) is 3.18. The Morgan fingerprint density at radius 3 is 1.54 bits per heavy atom. The Labute approximate surface area is 270 Å². The number of hydrogen-bond acceptors (Lipinski definition) is 1. The second kappa shape index (κ2) is 8.55. The summed E-state index contributed by atoms with van der Waals surface area (Å²) in [5.74, 6) is 0. The zero-order valence-corrected chi connectivity index (χ0v) is 20.4. The molecule has 0 bridgehead atoms. The Balaban J connectivity index is 1.74. The highest BCUT2D eigenvalue weighted by Gasteiger charge is 2.21. The topological polar surface area (TPSA) is 13.1 Å². The van der Waals surface area contributed by atoms with Crippen LogP contribution in [-0.4, -0.2) is 0 Å². The molecular weight excluding hydrogens is 496 g/mol. The van der Waals surface area contributed by atoms with Crippen molar-refractivity contribution < 1.29 is 37.3 Å². The van der Waals surface area contributed by atoms with Crippen LogP contribution in [-0.2, 0) is 0 Å². The highest BCUT2D eigenvalue weighted by Crippen LogP contribution is 2.48. The summed E-state index contributed by atoms with van der Waals surface area (Å²) < 4.78 is 221. The van der Waals surface area contributed by atoms with Crippen LogP contribution in [0.3, 0.4) is 0 Å². The Morgan fingerprint density at radius 1 is 0.366 bits per heavy atom. The normalized spacial score (nSPS) is 20.1. The molecule has 0 atom stereocenters. The van der Waals surface area contributed by atoms with Crippen molar-refractivity contribution in [2.24, 2.45) is 0 Å². The number of furan rings is 1. The smallest absolute Gasteiger partial charge is 0.136 e. The van der Waals surface area contributed by atoms with Crippen molar-refractivity contribution in [3.05, 3.63) is 145 Å². The van der Waals surface area contributed by atoms with E-state index in [1.165, 1.54) is 0 Å². The van der Waals surface area contributed by atoms with Crippen molar-refractivity contribution in [3.8, 4) is 22.3 Å². The predicted molar refractivity (Wildman–Crippen MR) is 175 cm³/mol. The van der Waals surface area contributed by atoms with Gasteiger partial charge in [-0.05, 0) is 83.5 Å². The second-order valence-electron chi connectivity index (χ2n) is 9.01. The minimum Gasteiger partial charge on any atom is -0.456 e. The number of rotatable bonds is 2. The summed E-state index contributed by atoms with van der Waals surface area (Å²) >= 11 is 0. The Bertz CT molecular complexity index is 3740. The highest BCUT2D eigenvalue weighted by atomic mass is 16.3. The van der Waals surface area contributed by atoms with Gasteiger partial charge in [0.05, 0.1) is 32.9 Å². The molecule has 0 saturated heterocycles. The molecule has 0 fully saturated rings. The van der Waals surface area contributed by atoms with Gasteiger partial charge < -0.3 is 4.42 Å². The molecule has 9 aromatic rings. The van der Waals surface area contributed by atoms with E-state index in [4.69, 9.17) is 27.7 Å². The van der Waals surface area contributed by atoms with Gasteiger partial charge in [-0.15, -0.1) is 0 Å². The molecule has 0 aliphatic heterocycles. The molecule has 9 rings (SSSR count). The second-order valence-corrected chi connectivity index (χ2v) is 9.01. The van der Waals surface area contributed by atoms with E-state index in [2.05, 4.69) is 0 Å². The molecule has 0 spiro atoms. The molecule has 0 saturated carbocycles. The molecule has 1 heterocycles. The fourth-order valence-corrected chi connectivity index (χ4v) is 5.33. The van der Waals surface area contributed by atoms with Crippen LogP contribution >= 0.6 is 0 Å². The minimum absolute atomic E-state index is 0.450. The standard InChI is InChI=1S/C40H24O/c1-2-13-26-25(12-1)24-35(28-15-4-3-14-27(26)28)39-31-18-7-5-16-29(31)38(30-17-6-8-19-32(30)39)34-21-11-23-37-40(34)33-20-9-10-22-36(33)41-37/h1-24H/i1D,2D,3D,4D,5D,6D,7D,8D,9D,10D,11D,12D,13D,14D,15D,16D,17D,18D,19D,20D,21D,22D,23D,24D. The van der Waals surface area contributed by atoms with Crippen molar-refractivity contribution in [1.29, 1.82) is 0 Å². The van der Waals surface area contributed by atoms with Gasteiger partial charge in [-0.2, -0.15) is 0 Å². The average Bonchev–Trinajstić information content (AvgIpc) is 3.68. The molecule has 0 N–H and O–H groups in total. The van der Waals surface area contributed by atoms with Gasteiger partial charge in [-0.1, -0.05) is 127 Å².